The molecule has 0 amide bonds. The topological polar surface area (TPSA) is 17.8 Å². The highest BCUT2D eigenvalue weighted by Crippen LogP contribution is 2.40. The van der Waals surface area contributed by atoms with Crippen molar-refractivity contribution in [2.75, 3.05) is 0 Å². The molecule has 1 aliphatic heterocycles. The van der Waals surface area contributed by atoms with Crippen LogP contribution >= 0.6 is 0 Å². The molecule has 0 radical (unpaired) electrons. The highest BCUT2D eigenvalue weighted by Gasteiger charge is 2.22. The number of hydrogen-bond acceptors (Lipinski definition) is 1. The van der Waals surface area contributed by atoms with Crippen molar-refractivity contribution in [3.8, 4) is 33.6 Å². The molecular formula is C38H24N2. The van der Waals surface area contributed by atoms with E-state index in [0.29, 0.717) is 0 Å². The lowest BCUT2D eigenvalue weighted by Gasteiger charge is -2.20. The van der Waals surface area contributed by atoms with Gasteiger partial charge in [-0.1, -0.05) is 115 Å². The van der Waals surface area contributed by atoms with Gasteiger partial charge < -0.3 is 4.57 Å². The lowest BCUT2D eigenvalue weighted by Crippen LogP contribution is -2.08. The van der Waals surface area contributed by atoms with Crippen LogP contribution in [0.1, 0.15) is 5.56 Å². The molecule has 0 saturated heterocycles. The average Bonchev–Trinajstić information content (AvgIpc) is 3.40. The molecule has 1 aliphatic rings. The lowest BCUT2D eigenvalue weighted by atomic mass is 9.92. The van der Waals surface area contributed by atoms with Crippen LogP contribution in [0, 0.1) is 0 Å². The zero-order valence-electron chi connectivity index (χ0n) is 21.8. The molecule has 0 unspecified atom stereocenters. The van der Waals surface area contributed by atoms with Gasteiger partial charge in [0.15, 0.2) is 0 Å². The Hall–Kier alpha value is -5.21. The molecule has 0 fully saturated rings. The van der Waals surface area contributed by atoms with E-state index >= 15 is 0 Å². The number of rotatable bonds is 2. The summed E-state index contributed by atoms with van der Waals surface area (Å²) in [6.45, 7) is 0.832. The van der Waals surface area contributed by atoms with E-state index in [0.717, 1.165) is 23.4 Å². The standard InChI is InChI=1S/C38H24N2/c1-2-12-28-27(9-1)23-40-37-34(28)17-8-18-36(37)39-38(40)26-11-7-10-24(21-26)25-19-20-33-31-15-4-3-13-29(31)30-14-5-6-16-32(30)35(33)22-25/h1-22H,23H2. The van der Waals surface area contributed by atoms with E-state index < -0.39 is 0 Å². The SMILES string of the molecule is c1cc(-c2ccc3c4ccccc4c4ccccc4c3c2)cc(-c2nc3cccc4c3n2Cc2ccccc2-4)c1. The van der Waals surface area contributed by atoms with E-state index in [-0.39, 0.29) is 0 Å². The first-order chi connectivity index (χ1) is 19.8. The first kappa shape index (κ1) is 21.7. The Balaban J connectivity index is 1.24. The predicted octanol–water partition coefficient (Wildman–Crippen LogP) is 9.86. The smallest absolute Gasteiger partial charge is 0.141 e. The third-order valence-corrected chi connectivity index (χ3v) is 8.60. The molecular weight excluding hydrogens is 484 g/mol. The molecule has 0 bridgehead atoms. The summed E-state index contributed by atoms with van der Waals surface area (Å²) in [5.41, 5.74) is 9.76. The molecule has 0 aliphatic carbocycles. The Bertz CT molecular complexity index is 2270. The second kappa shape index (κ2) is 8.14. The van der Waals surface area contributed by atoms with E-state index in [9.17, 15) is 0 Å². The molecule has 0 saturated carbocycles. The Morgan fingerprint density at radius 2 is 1.05 bits per heavy atom. The van der Waals surface area contributed by atoms with Crippen molar-refractivity contribution >= 4 is 43.4 Å². The molecule has 2 heteroatoms. The molecule has 0 N–H and O–H groups in total. The lowest BCUT2D eigenvalue weighted by molar-refractivity contribution is 0.827. The minimum Gasteiger partial charge on any atom is -0.319 e. The summed E-state index contributed by atoms with van der Waals surface area (Å²) < 4.78 is 2.39. The van der Waals surface area contributed by atoms with Crippen LogP contribution in [-0.2, 0) is 6.54 Å². The fourth-order valence-corrected chi connectivity index (χ4v) is 6.79. The van der Waals surface area contributed by atoms with Crippen LogP contribution in [0.3, 0.4) is 0 Å². The first-order valence-corrected chi connectivity index (χ1v) is 13.8. The summed E-state index contributed by atoms with van der Waals surface area (Å²) in [4.78, 5) is 5.16. The van der Waals surface area contributed by atoms with Gasteiger partial charge in [0.05, 0.1) is 17.6 Å². The summed E-state index contributed by atoms with van der Waals surface area (Å²) >= 11 is 0. The van der Waals surface area contributed by atoms with Gasteiger partial charge in [-0.25, -0.2) is 4.98 Å². The molecule has 7 aromatic carbocycles. The third kappa shape index (κ3) is 3.02. The number of nitrogens with zero attached hydrogens (tertiary/aromatic N) is 2. The monoisotopic (exact) mass is 508 g/mol. The van der Waals surface area contributed by atoms with Gasteiger partial charge in [-0.05, 0) is 72.8 Å². The van der Waals surface area contributed by atoms with E-state index in [2.05, 4.69) is 138 Å². The highest BCUT2D eigenvalue weighted by molar-refractivity contribution is 6.25. The first-order valence-electron chi connectivity index (χ1n) is 13.8. The van der Waals surface area contributed by atoms with Crippen molar-refractivity contribution in [2.45, 2.75) is 6.54 Å². The molecule has 2 nitrogen and oxygen atoms in total. The number of aromatic nitrogens is 2. The average molecular weight is 509 g/mol. The summed E-state index contributed by atoms with van der Waals surface area (Å²) in [6, 6.07) is 48.5. The maximum atomic E-state index is 5.16. The van der Waals surface area contributed by atoms with E-state index in [1.807, 2.05) is 0 Å². The van der Waals surface area contributed by atoms with Crippen LogP contribution in [0.15, 0.2) is 133 Å². The minimum atomic E-state index is 0.832. The Kier molecular flexibility index (Phi) is 4.42. The molecule has 1 aromatic heterocycles. The maximum Gasteiger partial charge on any atom is 0.141 e. The van der Waals surface area contributed by atoms with Crippen LogP contribution in [0.25, 0.3) is 77.0 Å². The molecule has 2 heterocycles. The van der Waals surface area contributed by atoms with Gasteiger partial charge in [-0.2, -0.15) is 0 Å². The van der Waals surface area contributed by atoms with Crippen molar-refractivity contribution in [2.24, 2.45) is 0 Å². The fourth-order valence-electron chi connectivity index (χ4n) is 6.79. The van der Waals surface area contributed by atoms with Crippen LogP contribution < -0.4 is 0 Å². The molecule has 9 rings (SSSR count). The minimum absolute atomic E-state index is 0.832. The van der Waals surface area contributed by atoms with Gasteiger partial charge >= 0.3 is 0 Å². The van der Waals surface area contributed by atoms with Gasteiger partial charge in [0.25, 0.3) is 0 Å². The molecule has 186 valence electrons. The number of fused-ring (bicyclic) bond motifs is 8. The number of para-hydroxylation sites is 1. The van der Waals surface area contributed by atoms with Gasteiger partial charge in [0, 0.05) is 11.1 Å². The highest BCUT2D eigenvalue weighted by atomic mass is 15.1. The predicted molar refractivity (Wildman–Crippen MR) is 168 cm³/mol. The molecule has 8 aromatic rings. The zero-order chi connectivity index (χ0) is 26.2. The summed E-state index contributed by atoms with van der Waals surface area (Å²) in [7, 11) is 0. The van der Waals surface area contributed by atoms with Crippen LogP contribution in [-0.4, -0.2) is 9.55 Å². The van der Waals surface area contributed by atoms with Crippen molar-refractivity contribution in [1.82, 2.24) is 9.55 Å². The summed E-state index contributed by atoms with van der Waals surface area (Å²) in [6.07, 6.45) is 0. The normalized spacial score (nSPS) is 12.4. The third-order valence-electron chi connectivity index (χ3n) is 8.60. The van der Waals surface area contributed by atoms with Crippen LogP contribution in [0.5, 0.6) is 0 Å². The van der Waals surface area contributed by atoms with Gasteiger partial charge in [0.2, 0.25) is 0 Å². The van der Waals surface area contributed by atoms with Crippen LogP contribution in [0.4, 0.5) is 0 Å². The van der Waals surface area contributed by atoms with Crippen molar-refractivity contribution in [1.29, 1.82) is 0 Å². The second-order valence-corrected chi connectivity index (χ2v) is 10.8. The Morgan fingerprint density at radius 3 is 1.85 bits per heavy atom. The van der Waals surface area contributed by atoms with E-state index in [4.69, 9.17) is 4.98 Å². The fraction of sp³-hybridized carbons (Fsp3) is 0.0263. The maximum absolute atomic E-state index is 5.16. The number of imidazole rings is 1. The largest absolute Gasteiger partial charge is 0.319 e. The zero-order valence-corrected chi connectivity index (χ0v) is 21.8. The number of hydrogen-bond donors (Lipinski definition) is 0. The van der Waals surface area contributed by atoms with Gasteiger partial charge in [-0.3, -0.25) is 0 Å². The van der Waals surface area contributed by atoms with Crippen LogP contribution in [0.2, 0.25) is 0 Å². The van der Waals surface area contributed by atoms with Crippen molar-refractivity contribution < 1.29 is 0 Å². The summed E-state index contributed by atoms with van der Waals surface area (Å²) in [5.74, 6) is 1.02. The Labute approximate surface area is 231 Å². The van der Waals surface area contributed by atoms with Gasteiger partial charge in [0.1, 0.15) is 5.82 Å². The second-order valence-electron chi connectivity index (χ2n) is 10.8. The molecule has 0 atom stereocenters. The van der Waals surface area contributed by atoms with E-state index in [1.165, 1.54) is 65.7 Å². The summed E-state index contributed by atoms with van der Waals surface area (Å²) in [5, 5.41) is 7.79. The quantitative estimate of drug-likeness (QED) is 0.212. The van der Waals surface area contributed by atoms with Crippen molar-refractivity contribution in [3.63, 3.8) is 0 Å². The molecule has 0 spiro atoms. The number of benzene rings is 7. The van der Waals surface area contributed by atoms with E-state index in [1.54, 1.807) is 0 Å². The molecule has 40 heavy (non-hydrogen) atoms. The Morgan fingerprint density at radius 1 is 0.450 bits per heavy atom. The van der Waals surface area contributed by atoms with Gasteiger partial charge in [-0.15, -0.1) is 0 Å². The van der Waals surface area contributed by atoms with Crippen molar-refractivity contribution in [3.05, 3.63) is 139 Å².